The Kier molecular flexibility index (Phi) is 10.1. The van der Waals surface area contributed by atoms with Gasteiger partial charge in [-0.05, 0) is 12.8 Å². The molecule has 0 heterocycles. The molecule has 3 nitrogen and oxygen atoms in total. The molecule has 0 atom stereocenters. The summed E-state index contributed by atoms with van der Waals surface area (Å²) in [4.78, 5) is 11.0. The van der Waals surface area contributed by atoms with Crippen LogP contribution in [0.5, 0.6) is 0 Å². The monoisotopic (exact) mass is 202 g/mol. The van der Waals surface area contributed by atoms with Gasteiger partial charge in [0.05, 0.1) is 6.61 Å². The van der Waals surface area contributed by atoms with Gasteiger partial charge in [-0.2, -0.15) is 0 Å². The lowest BCUT2D eigenvalue weighted by molar-refractivity contribution is -0.144. The van der Waals surface area contributed by atoms with Crippen LogP contribution in [0.2, 0.25) is 0 Å². The van der Waals surface area contributed by atoms with Gasteiger partial charge in [-0.15, -0.1) is 0 Å². The van der Waals surface area contributed by atoms with E-state index < -0.39 is 0 Å². The minimum Gasteiger partial charge on any atom is -0.466 e. The first-order chi connectivity index (χ1) is 6.81. The van der Waals surface area contributed by atoms with Gasteiger partial charge in [-0.1, -0.05) is 20.3 Å². The molecule has 14 heavy (non-hydrogen) atoms. The summed E-state index contributed by atoms with van der Waals surface area (Å²) in [5, 5.41) is 0. The smallest absolute Gasteiger partial charge is 0.305 e. The molecule has 0 aliphatic rings. The third-order valence-electron chi connectivity index (χ3n) is 1.78. The van der Waals surface area contributed by atoms with E-state index in [1.807, 2.05) is 0 Å². The summed E-state index contributed by atoms with van der Waals surface area (Å²) in [5.74, 6) is -0.0812. The first-order valence-electron chi connectivity index (χ1n) is 5.54. The van der Waals surface area contributed by atoms with Crippen LogP contribution in [0, 0.1) is 0 Å². The Balaban J connectivity index is 3.07. The molecule has 0 fully saturated rings. The molecule has 0 saturated carbocycles. The van der Waals surface area contributed by atoms with Crippen LogP contribution in [0.4, 0.5) is 0 Å². The first kappa shape index (κ1) is 13.4. The molecule has 0 radical (unpaired) electrons. The van der Waals surface area contributed by atoms with Gasteiger partial charge < -0.3 is 9.47 Å². The highest BCUT2D eigenvalue weighted by molar-refractivity contribution is 5.69. The Labute approximate surface area is 86.8 Å². The summed E-state index contributed by atoms with van der Waals surface area (Å²) < 4.78 is 10.3. The van der Waals surface area contributed by atoms with Gasteiger partial charge in [-0.3, -0.25) is 4.79 Å². The van der Waals surface area contributed by atoms with Crippen molar-refractivity contribution in [1.82, 2.24) is 0 Å². The molecule has 0 spiro atoms. The lowest BCUT2D eigenvalue weighted by Gasteiger charge is -2.04. The predicted molar refractivity (Wildman–Crippen MR) is 56.2 cm³/mol. The molecule has 0 bridgehead atoms. The summed E-state index contributed by atoms with van der Waals surface area (Å²) in [7, 11) is 0. The zero-order valence-electron chi connectivity index (χ0n) is 9.38. The maximum Gasteiger partial charge on any atom is 0.305 e. The molecule has 0 aliphatic carbocycles. The summed E-state index contributed by atoms with van der Waals surface area (Å²) in [6.07, 6.45) is 4.35. The van der Waals surface area contributed by atoms with Crippen molar-refractivity contribution in [3.8, 4) is 0 Å². The molecule has 3 heteroatoms. The van der Waals surface area contributed by atoms with Crippen molar-refractivity contribution in [2.75, 3.05) is 19.8 Å². The van der Waals surface area contributed by atoms with Gasteiger partial charge in [0.2, 0.25) is 0 Å². The molecule has 0 amide bonds. The van der Waals surface area contributed by atoms with E-state index in [4.69, 9.17) is 9.47 Å². The third-order valence-corrected chi connectivity index (χ3v) is 1.78. The number of carbonyl (C=O) groups is 1. The van der Waals surface area contributed by atoms with Crippen molar-refractivity contribution in [3.63, 3.8) is 0 Å². The second-order valence-electron chi connectivity index (χ2n) is 3.29. The van der Waals surface area contributed by atoms with E-state index in [2.05, 4.69) is 13.8 Å². The predicted octanol–water partition coefficient (Wildman–Crippen LogP) is 2.54. The highest BCUT2D eigenvalue weighted by Gasteiger charge is 2.00. The number of hydrogen-bond donors (Lipinski definition) is 0. The summed E-state index contributed by atoms with van der Waals surface area (Å²) in [6, 6.07) is 0. The maximum absolute atomic E-state index is 11.0. The normalized spacial score (nSPS) is 10.1. The second-order valence-corrected chi connectivity index (χ2v) is 3.29. The molecule has 0 saturated heterocycles. The number of unbranched alkanes of at least 4 members (excludes halogenated alkanes) is 1. The number of carbonyl (C=O) groups excluding carboxylic acids is 1. The van der Waals surface area contributed by atoms with Crippen LogP contribution in [0.3, 0.4) is 0 Å². The zero-order valence-corrected chi connectivity index (χ0v) is 9.38. The Hall–Kier alpha value is -0.570. The standard InChI is InChI=1S/C11H22O3/c1-3-5-7-11(12)14-10-6-9-13-8-4-2/h3-10H2,1-2H3. The molecule has 84 valence electrons. The molecule has 0 aromatic rings. The molecule has 0 N–H and O–H groups in total. The van der Waals surface area contributed by atoms with Crippen molar-refractivity contribution in [1.29, 1.82) is 0 Å². The lowest BCUT2D eigenvalue weighted by atomic mass is 10.2. The fourth-order valence-corrected chi connectivity index (χ4v) is 0.987. The second kappa shape index (κ2) is 10.5. The molecular weight excluding hydrogens is 180 g/mol. The van der Waals surface area contributed by atoms with Crippen molar-refractivity contribution in [3.05, 3.63) is 0 Å². The van der Waals surface area contributed by atoms with Gasteiger partial charge in [0.15, 0.2) is 0 Å². The fourth-order valence-electron chi connectivity index (χ4n) is 0.987. The Morgan fingerprint density at radius 1 is 1.00 bits per heavy atom. The maximum atomic E-state index is 11.0. The summed E-state index contributed by atoms with van der Waals surface area (Å²) >= 11 is 0. The van der Waals surface area contributed by atoms with E-state index in [1.165, 1.54) is 0 Å². The van der Waals surface area contributed by atoms with Crippen LogP contribution in [0.1, 0.15) is 46.0 Å². The number of esters is 1. The fraction of sp³-hybridized carbons (Fsp3) is 0.909. The number of rotatable bonds is 9. The summed E-state index contributed by atoms with van der Waals surface area (Å²) in [5.41, 5.74) is 0. The van der Waals surface area contributed by atoms with Crippen LogP contribution in [-0.2, 0) is 14.3 Å². The van der Waals surface area contributed by atoms with Crippen LogP contribution in [-0.4, -0.2) is 25.8 Å². The molecule has 0 aliphatic heterocycles. The van der Waals surface area contributed by atoms with Crippen LogP contribution in [0.25, 0.3) is 0 Å². The SMILES string of the molecule is CCCCC(=O)OCCCOCCC. The van der Waals surface area contributed by atoms with Crippen molar-refractivity contribution in [2.24, 2.45) is 0 Å². The highest BCUT2D eigenvalue weighted by Crippen LogP contribution is 1.97. The first-order valence-corrected chi connectivity index (χ1v) is 5.54. The van der Waals surface area contributed by atoms with Crippen LogP contribution in [0.15, 0.2) is 0 Å². The molecule has 0 rings (SSSR count). The van der Waals surface area contributed by atoms with E-state index in [0.29, 0.717) is 19.6 Å². The molecule has 0 aromatic carbocycles. The van der Waals surface area contributed by atoms with E-state index in [1.54, 1.807) is 0 Å². The lowest BCUT2D eigenvalue weighted by Crippen LogP contribution is -2.07. The van der Waals surface area contributed by atoms with E-state index in [-0.39, 0.29) is 5.97 Å². The van der Waals surface area contributed by atoms with E-state index in [9.17, 15) is 4.79 Å². The third kappa shape index (κ3) is 9.52. The van der Waals surface area contributed by atoms with Gasteiger partial charge in [0, 0.05) is 26.1 Å². The Bertz CT molecular complexity index is 134. The topological polar surface area (TPSA) is 35.5 Å². The van der Waals surface area contributed by atoms with Crippen LogP contribution < -0.4 is 0 Å². The quantitative estimate of drug-likeness (QED) is 0.426. The van der Waals surface area contributed by atoms with Crippen LogP contribution >= 0.6 is 0 Å². The summed E-state index contributed by atoms with van der Waals surface area (Å²) in [6.45, 7) is 6.11. The minimum absolute atomic E-state index is 0.0812. The van der Waals surface area contributed by atoms with Gasteiger partial charge in [0.25, 0.3) is 0 Å². The van der Waals surface area contributed by atoms with Crippen molar-refractivity contribution in [2.45, 2.75) is 46.0 Å². The van der Waals surface area contributed by atoms with Crippen molar-refractivity contribution >= 4 is 5.97 Å². The molecule has 0 aromatic heterocycles. The molecule has 0 unspecified atom stereocenters. The minimum atomic E-state index is -0.0812. The van der Waals surface area contributed by atoms with Crippen molar-refractivity contribution < 1.29 is 14.3 Å². The Morgan fingerprint density at radius 2 is 1.79 bits per heavy atom. The number of hydrogen-bond acceptors (Lipinski definition) is 3. The van der Waals surface area contributed by atoms with Gasteiger partial charge >= 0.3 is 5.97 Å². The zero-order chi connectivity index (χ0) is 10.6. The highest BCUT2D eigenvalue weighted by atomic mass is 16.5. The number of ether oxygens (including phenoxy) is 2. The average Bonchev–Trinajstić information content (AvgIpc) is 2.20. The van der Waals surface area contributed by atoms with E-state index in [0.717, 1.165) is 32.3 Å². The van der Waals surface area contributed by atoms with E-state index >= 15 is 0 Å². The largest absolute Gasteiger partial charge is 0.466 e. The van der Waals surface area contributed by atoms with Gasteiger partial charge in [-0.25, -0.2) is 0 Å². The Morgan fingerprint density at radius 3 is 2.43 bits per heavy atom. The van der Waals surface area contributed by atoms with Gasteiger partial charge in [0.1, 0.15) is 0 Å². The molecular formula is C11H22O3. The average molecular weight is 202 g/mol.